The first-order chi connectivity index (χ1) is 11.5. The Morgan fingerprint density at radius 3 is 2.28 bits per heavy atom. The largest absolute Gasteiger partial charge is 0.520 e. The van der Waals surface area contributed by atoms with E-state index in [2.05, 4.69) is 10.6 Å². The second kappa shape index (κ2) is 10.6. The minimum atomic E-state index is -1.23. The van der Waals surface area contributed by atoms with Gasteiger partial charge in [0.2, 0.25) is 5.91 Å². The van der Waals surface area contributed by atoms with Crippen LogP contribution >= 0.6 is 0 Å². The molecule has 0 radical (unpaired) electrons. The number of hydrogen-bond donors (Lipinski definition) is 4. The van der Waals surface area contributed by atoms with Crippen LogP contribution in [0.4, 0.5) is 0 Å². The number of nitrogens with one attached hydrogen (secondary N) is 3. The molecular weight excluding hydrogens is 575 g/mol. The second-order valence-corrected chi connectivity index (χ2v) is 4.67. The summed E-state index contributed by atoms with van der Waals surface area (Å²) in [6.45, 7) is 0.221. The Labute approximate surface area is 138 Å². The molecule has 0 aromatic heterocycles. The maximum absolute atomic E-state index is 11.9. The van der Waals surface area contributed by atoms with Crippen LogP contribution in [0.3, 0.4) is 0 Å². The quantitative estimate of drug-likeness (QED) is 0.157. The van der Waals surface area contributed by atoms with E-state index in [9.17, 15) is 19.2 Å². The van der Waals surface area contributed by atoms with E-state index >= 15 is 0 Å². The number of carbonyl (C=O) groups excluding carboxylic acids is 3. The number of carboxylic acids is 1. The Balaban J connectivity index is 0.00000576. The number of rotatable bonds is 10. The molecule has 0 aliphatic heterocycles. The van der Waals surface area contributed by atoms with Gasteiger partial charge in [-0.3, -0.25) is 14.4 Å². The number of aliphatic carboxylic acids is 1. The molecule has 0 unspecified atom stereocenters. The van der Waals surface area contributed by atoms with Crippen molar-refractivity contribution >= 4 is 24.2 Å². The van der Waals surface area contributed by atoms with E-state index in [0.717, 1.165) is 0 Å². The van der Waals surface area contributed by atoms with Crippen molar-refractivity contribution in [2.24, 2.45) is 0 Å². The van der Waals surface area contributed by atoms with Gasteiger partial charge < -0.3 is 30.6 Å². The summed E-state index contributed by atoms with van der Waals surface area (Å²) in [5.74, 6) is -1.60. The summed E-state index contributed by atoms with van der Waals surface area (Å²) in [6, 6.07) is 5.28. The smallest absolute Gasteiger partial charge is 0.305 e. The SMILES string of the molecule is COc1ccc(C(=O)NCCNC(=O)[C@@H](CC(=O)O)N[C-]=O)cc1.[Fm]. The van der Waals surface area contributed by atoms with Crippen molar-refractivity contribution in [3.63, 3.8) is 0 Å². The Morgan fingerprint density at radius 1 is 1.16 bits per heavy atom. The van der Waals surface area contributed by atoms with Gasteiger partial charge in [0.1, 0.15) is 5.75 Å². The van der Waals surface area contributed by atoms with Crippen molar-refractivity contribution in [2.45, 2.75) is 12.5 Å². The molecular formula is C15H18FmN3O6-. The molecule has 142 valence electrons. The third-order valence-electron chi connectivity index (χ3n) is 2.99. The number of amides is 3. The fraction of sp³-hybridized carbons (Fsp3) is 0.333. The van der Waals surface area contributed by atoms with Gasteiger partial charge in [-0.25, -0.2) is 0 Å². The molecule has 0 aliphatic carbocycles. The molecule has 1 rings (SSSR count). The van der Waals surface area contributed by atoms with Gasteiger partial charge in [-0.15, -0.1) is 0 Å². The summed E-state index contributed by atoms with van der Waals surface area (Å²) in [7, 11) is 1.52. The Morgan fingerprint density at radius 2 is 1.76 bits per heavy atom. The number of carboxylic acid groups (broad SMARTS) is 1. The number of benzene rings is 1. The predicted molar refractivity (Wildman–Crippen MR) is 83.2 cm³/mol. The number of carbonyl (C=O) groups is 3. The average molecular weight is 593 g/mol. The molecule has 10 heteroatoms. The molecule has 0 bridgehead atoms. The number of ether oxygens (including phenoxy) is 1. The maximum atomic E-state index is 11.9. The molecule has 1 aromatic carbocycles. The van der Waals surface area contributed by atoms with Crippen molar-refractivity contribution in [1.82, 2.24) is 16.0 Å². The van der Waals surface area contributed by atoms with E-state index < -0.39 is 24.3 Å². The number of methoxy groups -OCH3 is 1. The van der Waals surface area contributed by atoms with Gasteiger partial charge in [0, 0.05) is 18.7 Å². The van der Waals surface area contributed by atoms with Gasteiger partial charge in [0.15, 0.2) is 0 Å². The van der Waals surface area contributed by atoms with Gasteiger partial charge in [-0.2, -0.15) is 6.41 Å². The van der Waals surface area contributed by atoms with Crippen molar-refractivity contribution in [3.05, 3.63) is 29.8 Å². The van der Waals surface area contributed by atoms with Crippen LogP contribution in [0.2, 0.25) is 0 Å². The standard InChI is InChI=1S/C15H18N3O6.Fm/c1-24-11-4-2-10(3-5-11)14(22)16-6-7-17-15(23)12(18-9-19)8-13(20)21;/h2-5,12H,6-8H2,1H3,(H,16,22)(H,17,23)(H,18,19)(H,20,21);/q-1;/t12-;/m1./s1. The summed E-state index contributed by atoms with van der Waals surface area (Å²) >= 11 is 0. The van der Waals surface area contributed by atoms with E-state index in [1.54, 1.807) is 24.3 Å². The molecule has 0 saturated heterocycles. The third kappa shape index (κ3) is 7.13. The summed E-state index contributed by atoms with van der Waals surface area (Å²) in [5, 5.41) is 15.7. The molecule has 0 saturated carbocycles. The minimum Gasteiger partial charge on any atom is -0.520 e. The Bertz CT molecular complexity index is 593. The summed E-state index contributed by atoms with van der Waals surface area (Å²) in [6.07, 6.45) is 0.733. The van der Waals surface area contributed by atoms with Crippen LogP contribution in [-0.4, -0.2) is 55.5 Å². The normalized spacial score (nSPS) is 10.6. The van der Waals surface area contributed by atoms with E-state index in [1.165, 1.54) is 13.5 Å². The zero-order valence-electron chi connectivity index (χ0n) is 13.3. The van der Waals surface area contributed by atoms with Gasteiger partial charge in [0.05, 0.1) is 19.6 Å². The van der Waals surface area contributed by atoms with Crippen LogP contribution in [0.15, 0.2) is 24.3 Å². The molecule has 0 spiro atoms. The van der Waals surface area contributed by atoms with Gasteiger partial charge in [0.25, 0.3) is 5.91 Å². The van der Waals surface area contributed by atoms with E-state index in [1.807, 2.05) is 5.32 Å². The molecule has 4 N–H and O–H groups in total. The summed E-state index contributed by atoms with van der Waals surface area (Å²) in [4.78, 5) is 44.4. The molecule has 0 fully saturated rings. The van der Waals surface area contributed by atoms with Gasteiger partial charge >= 0.3 is 5.97 Å². The van der Waals surface area contributed by atoms with Crippen LogP contribution in [0.1, 0.15) is 16.8 Å². The fourth-order valence-corrected chi connectivity index (χ4v) is 1.78. The Kier molecular flexibility index (Phi) is 8.86. The first kappa shape index (κ1) is 20.9. The zero-order chi connectivity index (χ0) is 17.9. The zero-order valence-corrected chi connectivity index (χ0v) is 15.7. The fourth-order valence-electron chi connectivity index (χ4n) is 1.78. The molecule has 0 heterocycles. The maximum Gasteiger partial charge on any atom is 0.305 e. The second-order valence-electron chi connectivity index (χ2n) is 4.67. The van der Waals surface area contributed by atoms with Crippen LogP contribution < -0.4 is 20.7 Å². The minimum absolute atomic E-state index is 0. The van der Waals surface area contributed by atoms with Crippen LogP contribution in [-0.2, 0) is 14.4 Å². The number of hydrogen-bond acceptors (Lipinski definition) is 5. The van der Waals surface area contributed by atoms with E-state index in [4.69, 9.17) is 9.84 Å². The van der Waals surface area contributed by atoms with Crippen molar-refractivity contribution in [1.29, 1.82) is 0 Å². The third-order valence-corrected chi connectivity index (χ3v) is 2.99. The first-order valence-corrected chi connectivity index (χ1v) is 7.02. The van der Waals surface area contributed by atoms with E-state index in [0.29, 0.717) is 11.3 Å². The van der Waals surface area contributed by atoms with Crippen molar-refractivity contribution in [2.75, 3.05) is 20.2 Å². The van der Waals surface area contributed by atoms with Crippen molar-refractivity contribution in [3.8, 4) is 5.75 Å². The van der Waals surface area contributed by atoms with Gasteiger partial charge in [-0.1, -0.05) is 0 Å². The van der Waals surface area contributed by atoms with Crippen LogP contribution in [0, 0.1) is 0 Å². The monoisotopic (exact) mass is 593 g/mol. The summed E-state index contributed by atoms with van der Waals surface area (Å²) < 4.78 is 4.99. The van der Waals surface area contributed by atoms with Crippen LogP contribution in [0.5, 0.6) is 5.75 Å². The topological polar surface area (TPSA) is 134 Å². The Hall–Kier alpha value is -4.10. The molecule has 1 aromatic rings. The summed E-state index contributed by atoms with van der Waals surface area (Å²) in [5.41, 5.74) is 0.433. The predicted octanol–water partition coefficient (Wildman–Crippen LogP) is -0.959. The molecule has 1 atom stereocenters. The molecule has 0 aliphatic rings. The van der Waals surface area contributed by atoms with Crippen molar-refractivity contribution < 1.29 is 29.0 Å². The molecule has 9 nitrogen and oxygen atoms in total. The van der Waals surface area contributed by atoms with Crippen LogP contribution in [0.25, 0.3) is 0 Å². The molecule has 25 heavy (non-hydrogen) atoms. The molecule has 3 amide bonds. The van der Waals surface area contributed by atoms with E-state index in [-0.39, 0.29) is 19.0 Å². The first-order valence-electron chi connectivity index (χ1n) is 7.02. The van der Waals surface area contributed by atoms with Gasteiger partial charge in [-0.05, 0) is 24.3 Å². The average Bonchev–Trinajstić information content (AvgIpc) is 2.57.